The lowest BCUT2D eigenvalue weighted by molar-refractivity contribution is 0.476. The summed E-state index contributed by atoms with van der Waals surface area (Å²) in [7, 11) is 0. The van der Waals surface area contributed by atoms with Crippen LogP contribution >= 0.6 is 36.2 Å². The van der Waals surface area contributed by atoms with E-state index in [2.05, 4.69) is 46.4 Å². The van der Waals surface area contributed by atoms with Gasteiger partial charge in [0.15, 0.2) is 5.82 Å². The molecule has 4 heterocycles. The largest absolute Gasteiger partial charge is 0.320 e. The van der Waals surface area contributed by atoms with Gasteiger partial charge in [0.25, 0.3) is 0 Å². The molecule has 0 radical (unpaired) electrons. The smallest absolute Gasteiger partial charge is 0.161 e. The number of fused-ring (bicyclic) bond motifs is 1. The number of nitrogens with one attached hydrogen (secondary N) is 1. The van der Waals surface area contributed by atoms with Crippen LogP contribution in [-0.4, -0.2) is 30.9 Å². The molecule has 142 valence electrons. The Kier molecular flexibility index (Phi) is 6.85. The van der Waals surface area contributed by atoms with Gasteiger partial charge in [-0.15, -0.1) is 36.2 Å². The topological polar surface area (TPSA) is 60.6 Å². The van der Waals surface area contributed by atoms with Gasteiger partial charge in [-0.1, -0.05) is 6.92 Å². The van der Waals surface area contributed by atoms with E-state index in [1.54, 1.807) is 11.3 Å². The summed E-state index contributed by atoms with van der Waals surface area (Å²) in [6.07, 6.45) is 4.89. The number of nitrogens with zero attached hydrogens (tertiary/aromatic N) is 5. The van der Waals surface area contributed by atoms with E-state index in [4.69, 9.17) is 10.1 Å². The first-order valence-corrected chi connectivity index (χ1v) is 9.23. The monoisotopic (exact) mass is 414 g/mol. The number of thiazole rings is 1. The van der Waals surface area contributed by atoms with E-state index >= 15 is 0 Å². The van der Waals surface area contributed by atoms with E-state index in [-0.39, 0.29) is 30.9 Å². The van der Waals surface area contributed by atoms with Gasteiger partial charge in [-0.3, -0.25) is 4.68 Å². The predicted molar refractivity (Wildman–Crippen MR) is 110 cm³/mol. The molecule has 1 unspecified atom stereocenters. The first kappa shape index (κ1) is 20.9. The molecule has 4 rings (SSSR count). The summed E-state index contributed by atoms with van der Waals surface area (Å²) in [6, 6.07) is 2.35. The van der Waals surface area contributed by atoms with E-state index < -0.39 is 0 Å². The number of rotatable bonds is 4. The Morgan fingerprint density at radius 3 is 2.77 bits per heavy atom. The molecular weight excluding hydrogens is 391 g/mol. The summed E-state index contributed by atoms with van der Waals surface area (Å²) in [6.45, 7) is 9.16. The van der Waals surface area contributed by atoms with Crippen LogP contribution in [0.1, 0.15) is 40.7 Å². The molecule has 0 aromatic carbocycles. The Hall–Kier alpha value is -1.41. The summed E-state index contributed by atoms with van der Waals surface area (Å²) in [5.41, 5.74) is 3.29. The second-order valence-electron chi connectivity index (χ2n) is 6.20. The minimum Gasteiger partial charge on any atom is -0.320 e. The minimum atomic E-state index is 0. The average molecular weight is 415 g/mol. The van der Waals surface area contributed by atoms with Gasteiger partial charge in [-0.05, 0) is 26.3 Å². The van der Waals surface area contributed by atoms with Gasteiger partial charge in [0.05, 0.1) is 24.0 Å². The van der Waals surface area contributed by atoms with Gasteiger partial charge >= 0.3 is 0 Å². The van der Waals surface area contributed by atoms with Crippen molar-refractivity contribution in [1.82, 2.24) is 29.6 Å². The summed E-state index contributed by atoms with van der Waals surface area (Å²) in [4.78, 5) is 10.7. The maximum Gasteiger partial charge on any atom is 0.161 e. The fourth-order valence-electron chi connectivity index (χ4n) is 3.20. The number of imidazole rings is 1. The highest BCUT2D eigenvalue weighted by molar-refractivity contribution is 7.11. The molecule has 0 fully saturated rings. The quantitative estimate of drug-likeness (QED) is 0.705. The fraction of sp³-hybridized carbons (Fsp3) is 0.471. The van der Waals surface area contributed by atoms with Gasteiger partial charge in [-0.2, -0.15) is 5.10 Å². The van der Waals surface area contributed by atoms with Crippen molar-refractivity contribution in [2.24, 2.45) is 0 Å². The van der Waals surface area contributed by atoms with Crippen molar-refractivity contribution in [2.75, 3.05) is 6.54 Å². The normalized spacial score (nSPS) is 14.3. The molecule has 3 aromatic heterocycles. The van der Waals surface area contributed by atoms with E-state index in [0.717, 1.165) is 48.3 Å². The molecule has 1 atom stereocenters. The van der Waals surface area contributed by atoms with Crippen molar-refractivity contribution in [3.8, 4) is 11.5 Å². The molecular formula is C17H24Cl2N6S. The molecule has 0 saturated heterocycles. The summed E-state index contributed by atoms with van der Waals surface area (Å²) in [5.74, 6) is 0.925. The number of hydrogen-bond acceptors (Lipinski definition) is 5. The van der Waals surface area contributed by atoms with Crippen molar-refractivity contribution in [1.29, 1.82) is 0 Å². The zero-order valence-electron chi connectivity index (χ0n) is 15.1. The zero-order valence-corrected chi connectivity index (χ0v) is 17.5. The van der Waals surface area contributed by atoms with Gasteiger partial charge < -0.3 is 9.88 Å². The van der Waals surface area contributed by atoms with Gasteiger partial charge in [0, 0.05) is 30.4 Å². The van der Waals surface area contributed by atoms with Crippen LogP contribution in [0.25, 0.3) is 11.5 Å². The molecule has 1 N–H and O–H groups in total. The highest BCUT2D eigenvalue weighted by atomic mass is 35.5. The average Bonchev–Trinajstić information content (AvgIpc) is 3.27. The van der Waals surface area contributed by atoms with Crippen LogP contribution in [-0.2, 0) is 13.1 Å². The Balaban J connectivity index is 0.00000121. The number of halogens is 2. The summed E-state index contributed by atoms with van der Waals surface area (Å²) >= 11 is 1.78. The second kappa shape index (κ2) is 8.52. The van der Waals surface area contributed by atoms with Gasteiger partial charge in [0.2, 0.25) is 0 Å². The maximum atomic E-state index is 4.77. The lowest BCUT2D eigenvalue weighted by Crippen LogP contribution is -2.28. The molecule has 1 aliphatic rings. The Morgan fingerprint density at radius 2 is 2.12 bits per heavy atom. The zero-order chi connectivity index (χ0) is 16.7. The second-order valence-corrected chi connectivity index (χ2v) is 7.43. The lowest BCUT2D eigenvalue weighted by Gasteiger charge is -2.16. The molecule has 0 spiro atoms. The highest BCUT2D eigenvalue weighted by Crippen LogP contribution is 2.31. The third-order valence-electron chi connectivity index (χ3n) is 4.62. The minimum absolute atomic E-state index is 0. The molecule has 9 heteroatoms. The van der Waals surface area contributed by atoms with E-state index in [1.165, 1.54) is 10.6 Å². The van der Waals surface area contributed by atoms with Crippen LogP contribution in [0.2, 0.25) is 0 Å². The van der Waals surface area contributed by atoms with Gasteiger partial charge in [-0.25, -0.2) is 9.97 Å². The third kappa shape index (κ3) is 3.67. The summed E-state index contributed by atoms with van der Waals surface area (Å²) < 4.78 is 4.31. The summed E-state index contributed by atoms with van der Waals surface area (Å²) in [5, 5.41) is 9.30. The molecule has 0 saturated carbocycles. The van der Waals surface area contributed by atoms with E-state index in [0.29, 0.717) is 0 Å². The maximum absolute atomic E-state index is 4.77. The first-order chi connectivity index (χ1) is 11.7. The predicted octanol–water partition coefficient (Wildman–Crippen LogP) is 3.77. The first-order valence-electron chi connectivity index (χ1n) is 8.42. The van der Waals surface area contributed by atoms with Crippen molar-refractivity contribution in [3.05, 3.63) is 39.7 Å². The fourth-order valence-corrected chi connectivity index (χ4v) is 4.30. The molecule has 6 nitrogen and oxygen atoms in total. The van der Waals surface area contributed by atoms with Crippen LogP contribution in [0.3, 0.4) is 0 Å². The molecule has 0 bridgehead atoms. The number of aromatic nitrogens is 5. The highest BCUT2D eigenvalue weighted by Gasteiger charge is 2.22. The van der Waals surface area contributed by atoms with Crippen molar-refractivity contribution in [3.63, 3.8) is 0 Å². The Bertz CT molecular complexity index is 826. The third-order valence-corrected chi connectivity index (χ3v) is 5.79. The van der Waals surface area contributed by atoms with Crippen LogP contribution in [0.4, 0.5) is 0 Å². The Labute approximate surface area is 169 Å². The van der Waals surface area contributed by atoms with Crippen LogP contribution in [0.5, 0.6) is 0 Å². The van der Waals surface area contributed by atoms with Crippen LogP contribution in [0.15, 0.2) is 18.5 Å². The standard InChI is InChI=1S/C17H22N6S.2ClH/c1-4-15(17-20-11(2)12(3)24-17)22-7-6-19-16(22)14-9-13-10-18-5-8-23(13)21-14;;/h6-7,9,15,18H,4-5,8,10H2,1-3H3;2*1H. The van der Waals surface area contributed by atoms with E-state index in [9.17, 15) is 0 Å². The molecule has 1 aliphatic heterocycles. The SMILES string of the molecule is CCC(c1nc(C)c(C)s1)n1ccnc1-c1cc2n(n1)CCNC2.Cl.Cl. The van der Waals surface area contributed by atoms with Crippen molar-refractivity contribution < 1.29 is 0 Å². The van der Waals surface area contributed by atoms with E-state index in [1.807, 2.05) is 12.4 Å². The molecule has 26 heavy (non-hydrogen) atoms. The molecule has 3 aromatic rings. The lowest BCUT2D eigenvalue weighted by atomic mass is 10.2. The van der Waals surface area contributed by atoms with Gasteiger partial charge in [0.1, 0.15) is 10.7 Å². The van der Waals surface area contributed by atoms with Crippen molar-refractivity contribution >= 4 is 36.2 Å². The number of hydrogen-bond donors (Lipinski definition) is 1. The molecule has 0 amide bonds. The van der Waals surface area contributed by atoms with Crippen LogP contribution < -0.4 is 5.32 Å². The van der Waals surface area contributed by atoms with Crippen LogP contribution in [0, 0.1) is 13.8 Å². The number of aryl methyl sites for hydroxylation is 2. The molecule has 0 aliphatic carbocycles. The Morgan fingerprint density at radius 1 is 1.31 bits per heavy atom. The van der Waals surface area contributed by atoms with Crippen molar-refractivity contribution in [2.45, 2.75) is 46.3 Å².